The predicted molar refractivity (Wildman–Crippen MR) is 106 cm³/mol. The normalized spacial score (nSPS) is 10.8. The maximum Gasteiger partial charge on any atom is 0.233 e. The minimum atomic E-state index is 0.693. The minimum absolute atomic E-state index is 0.693. The average molecular weight is 346 g/mol. The van der Waals surface area contributed by atoms with Gasteiger partial charge >= 0.3 is 0 Å². The number of thiophene rings is 1. The number of rotatable bonds is 4. The quantitative estimate of drug-likeness (QED) is 0.507. The molecule has 0 saturated heterocycles. The third kappa shape index (κ3) is 2.94. The largest absolute Gasteiger partial charge is 0.329 e. The molecule has 0 saturated carbocycles. The molecular formula is C20H18N4S. The van der Waals surface area contributed by atoms with Gasteiger partial charge in [0.1, 0.15) is 10.6 Å². The van der Waals surface area contributed by atoms with Crippen molar-refractivity contribution in [1.82, 2.24) is 9.97 Å². The smallest absolute Gasteiger partial charge is 0.233 e. The number of para-hydroxylation sites is 2. The van der Waals surface area contributed by atoms with Crippen LogP contribution < -0.4 is 9.80 Å². The molecule has 5 heteroatoms. The fourth-order valence-electron chi connectivity index (χ4n) is 2.78. The van der Waals surface area contributed by atoms with Crippen molar-refractivity contribution < 1.29 is 0 Å². The topological polar surface area (TPSA) is 32.3 Å². The van der Waals surface area contributed by atoms with Crippen molar-refractivity contribution in [2.75, 3.05) is 23.9 Å². The van der Waals surface area contributed by atoms with Gasteiger partial charge in [-0.1, -0.05) is 36.4 Å². The summed E-state index contributed by atoms with van der Waals surface area (Å²) in [5, 5.41) is 3.13. The molecule has 4 aromatic rings. The highest BCUT2D eigenvalue weighted by Gasteiger charge is 2.16. The number of hydrogen-bond acceptors (Lipinski definition) is 5. The highest BCUT2D eigenvalue weighted by atomic mass is 32.1. The number of benzene rings is 2. The lowest BCUT2D eigenvalue weighted by Crippen LogP contribution is -2.17. The van der Waals surface area contributed by atoms with Crippen molar-refractivity contribution in [2.24, 2.45) is 0 Å². The molecule has 2 heterocycles. The first-order chi connectivity index (χ1) is 12.2. The maximum atomic E-state index is 4.87. The number of aromatic nitrogens is 2. The van der Waals surface area contributed by atoms with Gasteiger partial charge in [-0.2, -0.15) is 4.98 Å². The second kappa shape index (κ2) is 6.53. The SMILES string of the molecule is CN(c1ccccc1)c1nc(N(C)c2ccccc2)c2ccsc2n1. The lowest BCUT2D eigenvalue weighted by molar-refractivity contribution is 1.04. The summed E-state index contributed by atoms with van der Waals surface area (Å²) in [4.78, 5) is 14.7. The average Bonchev–Trinajstić information content (AvgIpc) is 3.16. The molecular weight excluding hydrogens is 328 g/mol. The van der Waals surface area contributed by atoms with E-state index in [9.17, 15) is 0 Å². The van der Waals surface area contributed by atoms with Crippen LogP contribution in [0, 0.1) is 0 Å². The van der Waals surface area contributed by atoms with Crippen molar-refractivity contribution >= 4 is 44.7 Å². The summed E-state index contributed by atoms with van der Waals surface area (Å²) in [6.07, 6.45) is 0. The lowest BCUT2D eigenvalue weighted by atomic mass is 10.2. The summed E-state index contributed by atoms with van der Waals surface area (Å²) in [5.74, 6) is 1.61. The van der Waals surface area contributed by atoms with Crippen LogP contribution in [-0.2, 0) is 0 Å². The molecule has 0 fully saturated rings. The number of anilines is 4. The number of nitrogens with zero attached hydrogens (tertiary/aromatic N) is 4. The van der Waals surface area contributed by atoms with Gasteiger partial charge in [0.15, 0.2) is 0 Å². The van der Waals surface area contributed by atoms with Gasteiger partial charge in [0.2, 0.25) is 5.95 Å². The summed E-state index contributed by atoms with van der Waals surface area (Å²) in [6.45, 7) is 0. The Morgan fingerprint density at radius 2 is 1.32 bits per heavy atom. The maximum absolute atomic E-state index is 4.87. The van der Waals surface area contributed by atoms with Crippen LogP contribution in [-0.4, -0.2) is 24.1 Å². The van der Waals surface area contributed by atoms with Crippen molar-refractivity contribution in [2.45, 2.75) is 0 Å². The van der Waals surface area contributed by atoms with E-state index in [0.717, 1.165) is 27.4 Å². The van der Waals surface area contributed by atoms with E-state index in [-0.39, 0.29) is 0 Å². The minimum Gasteiger partial charge on any atom is -0.329 e. The van der Waals surface area contributed by atoms with E-state index in [4.69, 9.17) is 9.97 Å². The first-order valence-electron chi connectivity index (χ1n) is 8.07. The predicted octanol–water partition coefficient (Wildman–Crippen LogP) is 5.23. The highest BCUT2D eigenvalue weighted by Crippen LogP contribution is 2.34. The Morgan fingerprint density at radius 3 is 1.96 bits per heavy atom. The van der Waals surface area contributed by atoms with Gasteiger partial charge in [0.05, 0.1) is 5.39 Å². The summed E-state index contributed by atoms with van der Waals surface area (Å²) in [6, 6.07) is 22.5. The molecule has 0 spiro atoms. The van der Waals surface area contributed by atoms with Gasteiger partial charge in [0, 0.05) is 25.5 Å². The van der Waals surface area contributed by atoms with Crippen molar-refractivity contribution in [1.29, 1.82) is 0 Å². The van der Waals surface area contributed by atoms with E-state index < -0.39 is 0 Å². The molecule has 2 aromatic carbocycles. The fourth-order valence-corrected chi connectivity index (χ4v) is 3.53. The zero-order valence-corrected chi connectivity index (χ0v) is 14.9. The van der Waals surface area contributed by atoms with Gasteiger partial charge in [-0.25, -0.2) is 4.98 Å². The van der Waals surface area contributed by atoms with E-state index in [0.29, 0.717) is 5.95 Å². The van der Waals surface area contributed by atoms with E-state index in [1.165, 1.54) is 0 Å². The van der Waals surface area contributed by atoms with Crippen LogP contribution in [0.4, 0.5) is 23.1 Å². The van der Waals surface area contributed by atoms with E-state index in [2.05, 4.69) is 40.6 Å². The third-order valence-corrected chi connectivity index (χ3v) is 5.00. The van der Waals surface area contributed by atoms with Gasteiger partial charge in [-0.3, -0.25) is 0 Å². The second-order valence-electron chi connectivity index (χ2n) is 5.78. The summed E-state index contributed by atoms with van der Waals surface area (Å²) < 4.78 is 0. The first kappa shape index (κ1) is 15.6. The van der Waals surface area contributed by atoms with Gasteiger partial charge in [0.25, 0.3) is 0 Å². The first-order valence-corrected chi connectivity index (χ1v) is 8.95. The van der Waals surface area contributed by atoms with Gasteiger partial charge in [-0.15, -0.1) is 11.3 Å². The second-order valence-corrected chi connectivity index (χ2v) is 6.67. The molecule has 124 valence electrons. The molecule has 0 bridgehead atoms. The molecule has 4 rings (SSSR count). The van der Waals surface area contributed by atoms with Gasteiger partial charge < -0.3 is 9.80 Å². The Labute approximate surface area is 151 Å². The Kier molecular flexibility index (Phi) is 4.07. The molecule has 0 amide bonds. The molecule has 0 atom stereocenters. The lowest BCUT2D eigenvalue weighted by Gasteiger charge is -2.22. The van der Waals surface area contributed by atoms with Crippen molar-refractivity contribution in [3.8, 4) is 0 Å². The Morgan fingerprint density at radius 1 is 0.720 bits per heavy atom. The van der Waals surface area contributed by atoms with E-state index >= 15 is 0 Å². The Hall–Kier alpha value is -2.92. The van der Waals surface area contributed by atoms with Crippen molar-refractivity contribution in [3.63, 3.8) is 0 Å². The molecule has 0 aliphatic heterocycles. The fraction of sp³-hybridized carbons (Fsp3) is 0.100. The summed E-state index contributed by atoms with van der Waals surface area (Å²) in [5.41, 5.74) is 2.16. The molecule has 0 unspecified atom stereocenters. The van der Waals surface area contributed by atoms with Crippen LogP contribution in [0.3, 0.4) is 0 Å². The van der Waals surface area contributed by atoms with Crippen LogP contribution in [0.1, 0.15) is 0 Å². The zero-order chi connectivity index (χ0) is 17.2. The molecule has 0 N–H and O–H groups in total. The van der Waals surface area contributed by atoms with Crippen LogP contribution >= 0.6 is 11.3 Å². The Bertz CT molecular complexity index is 982. The molecule has 2 aromatic heterocycles. The van der Waals surface area contributed by atoms with Crippen LogP contribution in [0.25, 0.3) is 10.2 Å². The summed E-state index contributed by atoms with van der Waals surface area (Å²) in [7, 11) is 4.04. The Balaban J connectivity index is 1.83. The summed E-state index contributed by atoms with van der Waals surface area (Å²) >= 11 is 1.64. The molecule has 0 aliphatic rings. The molecule has 0 aliphatic carbocycles. The van der Waals surface area contributed by atoms with Crippen molar-refractivity contribution in [3.05, 3.63) is 72.1 Å². The number of fused-ring (bicyclic) bond motifs is 1. The zero-order valence-electron chi connectivity index (χ0n) is 14.1. The third-order valence-electron chi connectivity index (χ3n) is 4.20. The molecule has 4 nitrogen and oxygen atoms in total. The van der Waals surface area contributed by atoms with E-state index in [1.807, 2.05) is 55.4 Å². The monoisotopic (exact) mass is 346 g/mol. The highest BCUT2D eigenvalue weighted by molar-refractivity contribution is 7.16. The van der Waals surface area contributed by atoms with Crippen LogP contribution in [0.2, 0.25) is 0 Å². The van der Waals surface area contributed by atoms with E-state index in [1.54, 1.807) is 11.3 Å². The van der Waals surface area contributed by atoms with Gasteiger partial charge in [-0.05, 0) is 35.7 Å². The molecule has 0 radical (unpaired) electrons. The van der Waals surface area contributed by atoms with Crippen LogP contribution in [0.15, 0.2) is 72.1 Å². The standard InChI is InChI=1S/C20H18N4S/c1-23(15-9-5-3-6-10-15)18-17-13-14-25-19(17)22-20(21-18)24(2)16-11-7-4-8-12-16/h3-14H,1-2H3. The molecule has 25 heavy (non-hydrogen) atoms. The van der Waals surface area contributed by atoms with Crippen LogP contribution in [0.5, 0.6) is 0 Å². The number of hydrogen-bond donors (Lipinski definition) is 0.